The summed E-state index contributed by atoms with van der Waals surface area (Å²) >= 11 is 6.78. The van der Waals surface area contributed by atoms with Crippen molar-refractivity contribution in [2.75, 3.05) is 12.4 Å². The van der Waals surface area contributed by atoms with Gasteiger partial charge in [-0.2, -0.15) is 0 Å². The Kier molecular flexibility index (Phi) is 5.57. The van der Waals surface area contributed by atoms with Crippen molar-refractivity contribution < 1.29 is 9.13 Å². The summed E-state index contributed by atoms with van der Waals surface area (Å²) in [5.74, 6) is -0.254. The lowest BCUT2D eigenvalue weighted by molar-refractivity contribution is 0.185. The number of nitrogens with one attached hydrogen (secondary N) is 1. The molecule has 0 saturated carbocycles. The average molecular weight is 403 g/mol. The van der Waals surface area contributed by atoms with Gasteiger partial charge in [0.1, 0.15) is 5.82 Å². The predicted molar refractivity (Wildman–Crippen MR) is 86.3 cm³/mol. The third kappa shape index (κ3) is 3.59. The van der Waals surface area contributed by atoms with Gasteiger partial charge in [0.15, 0.2) is 0 Å². The van der Waals surface area contributed by atoms with Gasteiger partial charge in [-0.3, -0.25) is 0 Å². The summed E-state index contributed by atoms with van der Waals surface area (Å²) in [6.45, 7) is 1.04. The van der Waals surface area contributed by atoms with Crippen molar-refractivity contribution in [1.82, 2.24) is 0 Å². The molecule has 0 fully saturated rings. The normalized spacial score (nSPS) is 10.6. The Morgan fingerprint density at radius 3 is 2.65 bits per heavy atom. The minimum Gasteiger partial charge on any atom is -0.381 e. The second-order valence-electron chi connectivity index (χ2n) is 4.27. The molecule has 1 N–H and O–H groups in total. The quantitative estimate of drug-likeness (QED) is 0.750. The van der Waals surface area contributed by atoms with E-state index in [1.165, 1.54) is 6.07 Å². The smallest absolute Gasteiger partial charge is 0.137 e. The zero-order chi connectivity index (χ0) is 14.5. The highest BCUT2D eigenvalue weighted by molar-refractivity contribution is 9.10. The van der Waals surface area contributed by atoms with Gasteiger partial charge < -0.3 is 10.1 Å². The molecule has 0 spiro atoms. The van der Waals surface area contributed by atoms with Crippen molar-refractivity contribution in [2.24, 2.45) is 0 Å². The Bertz CT molecular complexity index is 604. The lowest BCUT2D eigenvalue weighted by Gasteiger charge is -2.14. The summed E-state index contributed by atoms with van der Waals surface area (Å²) in [7, 11) is 1.66. The van der Waals surface area contributed by atoms with E-state index < -0.39 is 0 Å². The molecule has 0 radical (unpaired) electrons. The minimum absolute atomic E-state index is 0.254. The van der Waals surface area contributed by atoms with Gasteiger partial charge in [-0.1, -0.05) is 34.1 Å². The first-order valence-corrected chi connectivity index (χ1v) is 7.65. The molecule has 2 rings (SSSR count). The van der Waals surface area contributed by atoms with Crippen LogP contribution in [0.4, 0.5) is 10.1 Å². The van der Waals surface area contributed by atoms with E-state index in [4.69, 9.17) is 4.74 Å². The van der Waals surface area contributed by atoms with Crippen LogP contribution in [0.3, 0.4) is 0 Å². The van der Waals surface area contributed by atoms with Crippen molar-refractivity contribution in [1.29, 1.82) is 0 Å². The second-order valence-corrected chi connectivity index (χ2v) is 5.91. The van der Waals surface area contributed by atoms with E-state index in [9.17, 15) is 4.39 Å². The second kappa shape index (κ2) is 7.20. The molecule has 0 amide bonds. The molecule has 2 nitrogen and oxygen atoms in total. The van der Waals surface area contributed by atoms with Crippen LogP contribution in [0.5, 0.6) is 0 Å². The molecule has 0 bridgehead atoms. The summed E-state index contributed by atoms with van der Waals surface area (Å²) < 4.78 is 20.2. The Morgan fingerprint density at radius 1 is 1.15 bits per heavy atom. The Labute approximate surface area is 134 Å². The molecule has 0 unspecified atom stereocenters. The van der Waals surface area contributed by atoms with E-state index in [1.807, 2.05) is 24.3 Å². The molecule has 2 aromatic carbocycles. The van der Waals surface area contributed by atoms with Crippen molar-refractivity contribution in [2.45, 2.75) is 13.2 Å². The molecular weight excluding hydrogens is 389 g/mol. The van der Waals surface area contributed by atoms with Crippen LogP contribution in [0, 0.1) is 5.82 Å². The molecule has 0 atom stereocenters. The Balaban J connectivity index is 2.19. The average Bonchev–Trinajstić information content (AvgIpc) is 2.44. The van der Waals surface area contributed by atoms with Crippen LogP contribution in [0.15, 0.2) is 45.3 Å². The number of rotatable bonds is 5. The van der Waals surface area contributed by atoms with Gasteiger partial charge in [-0.15, -0.1) is 0 Å². The number of ether oxygens (including phenoxy) is 1. The van der Waals surface area contributed by atoms with Gasteiger partial charge in [0.05, 0.1) is 11.1 Å². The van der Waals surface area contributed by atoms with Gasteiger partial charge in [0.25, 0.3) is 0 Å². The maximum Gasteiger partial charge on any atom is 0.137 e. The predicted octanol–water partition coefficient (Wildman–Crippen LogP) is 5.11. The first-order valence-electron chi connectivity index (χ1n) is 6.06. The van der Waals surface area contributed by atoms with E-state index >= 15 is 0 Å². The number of benzene rings is 2. The SMILES string of the molecule is COCc1c(Br)cccc1NCc1cccc(F)c1Br. The standard InChI is InChI=1S/C15H14Br2FNO/c1-20-9-11-12(16)5-3-7-14(11)19-8-10-4-2-6-13(18)15(10)17/h2-7,19H,8-9H2,1H3. The van der Waals surface area contributed by atoms with Crippen LogP contribution in [-0.4, -0.2) is 7.11 Å². The molecule has 106 valence electrons. The van der Waals surface area contributed by atoms with E-state index in [2.05, 4.69) is 37.2 Å². The minimum atomic E-state index is -0.254. The van der Waals surface area contributed by atoms with Crippen molar-refractivity contribution in [3.05, 3.63) is 62.3 Å². The summed E-state index contributed by atoms with van der Waals surface area (Å²) in [5.41, 5.74) is 2.88. The fourth-order valence-electron chi connectivity index (χ4n) is 1.89. The van der Waals surface area contributed by atoms with Crippen LogP contribution in [-0.2, 0) is 17.9 Å². The fourth-order valence-corrected chi connectivity index (χ4v) is 2.78. The zero-order valence-corrected chi connectivity index (χ0v) is 14.1. The van der Waals surface area contributed by atoms with E-state index in [0.717, 1.165) is 21.3 Å². The monoisotopic (exact) mass is 401 g/mol. The van der Waals surface area contributed by atoms with Crippen LogP contribution in [0.1, 0.15) is 11.1 Å². The van der Waals surface area contributed by atoms with E-state index in [-0.39, 0.29) is 5.82 Å². The Morgan fingerprint density at radius 2 is 1.90 bits per heavy atom. The number of anilines is 1. The van der Waals surface area contributed by atoms with Crippen LogP contribution >= 0.6 is 31.9 Å². The molecule has 5 heteroatoms. The Hall–Kier alpha value is -0.910. The number of hydrogen-bond donors (Lipinski definition) is 1. The number of halogens is 3. The highest BCUT2D eigenvalue weighted by atomic mass is 79.9. The van der Waals surface area contributed by atoms with Gasteiger partial charge in [-0.25, -0.2) is 4.39 Å². The molecule has 2 aromatic rings. The highest BCUT2D eigenvalue weighted by Crippen LogP contribution is 2.27. The van der Waals surface area contributed by atoms with Gasteiger partial charge >= 0.3 is 0 Å². The molecule has 0 aliphatic rings. The van der Waals surface area contributed by atoms with Crippen LogP contribution < -0.4 is 5.32 Å². The third-order valence-electron chi connectivity index (χ3n) is 2.91. The van der Waals surface area contributed by atoms with Gasteiger partial charge in [0, 0.05) is 29.4 Å². The van der Waals surface area contributed by atoms with Crippen LogP contribution in [0.2, 0.25) is 0 Å². The molecule has 0 aromatic heterocycles. The molecular formula is C15H14Br2FNO. The van der Waals surface area contributed by atoms with E-state index in [0.29, 0.717) is 17.6 Å². The maximum atomic E-state index is 13.5. The molecule has 0 heterocycles. The molecule has 0 saturated heterocycles. The summed E-state index contributed by atoms with van der Waals surface area (Å²) in [4.78, 5) is 0. The van der Waals surface area contributed by atoms with Gasteiger partial charge in [0.2, 0.25) is 0 Å². The first kappa shape index (κ1) is 15.5. The molecule has 20 heavy (non-hydrogen) atoms. The lowest BCUT2D eigenvalue weighted by atomic mass is 10.1. The third-order valence-corrected chi connectivity index (χ3v) is 4.54. The highest BCUT2D eigenvalue weighted by Gasteiger charge is 2.08. The lowest BCUT2D eigenvalue weighted by Crippen LogP contribution is -2.04. The largest absolute Gasteiger partial charge is 0.381 e. The van der Waals surface area contributed by atoms with Crippen molar-refractivity contribution in [3.8, 4) is 0 Å². The van der Waals surface area contributed by atoms with E-state index in [1.54, 1.807) is 13.2 Å². The molecule has 0 aliphatic heterocycles. The van der Waals surface area contributed by atoms with Crippen LogP contribution in [0.25, 0.3) is 0 Å². The molecule has 0 aliphatic carbocycles. The summed E-state index contributed by atoms with van der Waals surface area (Å²) in [6.07, 6.45) is 0. The summed E-state index contributed by atoms with van der Waals surface area (Å²) in [5, 5.41) is 3.32. The topological polar surface area (TPSA) is 21.3 Å². The fraction of sp³-hybridized carbons (Fsp3) is 0.200. The number of methoxy groups -OCH3 is 1. The maximum absolute atomic E-state index is 13.5. The zero-order valence-electron chi connectivity index (χ0n) is 10.9. The summed E-state index contributed by atoms with van der Waals surface area (Å²) in [6, 6.07) is 10.9. The van der Waals surface area contributed by atoms with Gasteiger partial charge in [-0.05, 0) is 39.7 Å². The van der Waals surface area contributed by atoms with Crippen molar-refractivity contribution >= 4 is 37.5 Å². The van der Waals surface area contributed by atoms with Crippen molar-refractivity contribution in [3.63, 3.8) is 0 Å². The number of hydrogen-bond acceptors (Lipinski definition) is 2. The first-order chi connectivity index (χ1) is 9.63.